The maximum Gasteiger partial charge on any atom is 0.223 e. The molecule has 0 N–H and O–H groups in total. The highest BCUT2D eigenvalue weighted by Crippen LogP contribution is 2.19. The molecule has 0 aliphatic carbocycles. The van der Waals surface area contributed by atoms with Crippen molar-refractivity contribution in [2.45, 2.75) is 38.8 Å². The topological polar surface area (TPSA) is 9.23 Å². The highest BCUT2D eigenvalue weighted by atomic mass is 28.4. The lowest BCUT2D eigenvalue weighted by Crippen LogP contribution is -2.49. The van der Waals surface area contributed by atoms with Crippen LogP contribution >= 0.6 is 0 Å². The Morgan fingerprint density at radius 2 is 1.80 bits per heavy atom. The van der Waals surface area contributed by atoms with Gasteiger partial charge in [-0.3, -0.25) is 0 Å². The number of rotatable bonds is 6. The average Bonchev–Trinajstić information content (AvgIpc) is 2.33. The first-order chi connectivity index (χ1) is 7.29. The van der Waals surface area contributed by atoms with Crippen LogP contribution in [0.4, 0.5) is 0 Å². The predicted octanol–water partition coefficient (Wildman–Crippen LogP) is 3.31. The molecule has 0 amide bonds. The van der Waals surface area contributed by atoms with Crippen LogP contribution < -0.4 is 5.19 Å². The van der Waals surface area contributed by atoms with Crippen LogP contribution in [0.15, 0.2) is 30.3 Å². The van der Waals surface area contributed by atoms with Gasteiger partial charge >= 0.3 is 0 Å². The highest BCUT2D eigenvalue weighted by molar-refractivity contribution is 6.86. The Bertz CT molecular complexity index is 267. The van der Waals surface area contributed by atoms with Gasteiger partial charge in [0.05, 0.1) is 0 Å². The predicted molar refractivity (Wildman–Crippen MR) is 69.0 cm³/mol. The van der Waals surface area contributed by atoms with Crippen LogP contribution in [0.1, 0.15) is 26.7 Å². The second kappa shape index (κ2) is 6.08. The van der Waals surface area contributed by atoms with Gasteiger partial charge in [0, 0.05) is 7.11 Å². The summed E-state index contributed by atoms with van der Waals surface area (Å²) in [7, 11) is 0.247. The fourth-order valence-electron chi connectivity index (χ4n) is 2.09. The van der Waals surface area contributed by atoms with Crippen molar-refractivity contribution in [3.05, 3.63) is 30.3 Å². The lowest BCUT2D eigenvalue weighted by molar-refractivity contribution is 0.402. The third kappa shape index (κ3) is 2.92. The zero-order chi connectivity index (χ0) is 11.1. The summed E-state index contributed by atoms with van der Waals surface area (Å²) in [6.45, 7) is 4.51. The van der Waals surface area contributed by atoms with Gasteiger partial charge in [-0.1, -0.05) is 57.0 Å². The summed E-state index contributed by atoms with van der Waals surface area (Å²) in [5.74, 6) is 0. The Kier molecular flexibility index (Phi) is 5.06. The van der Waals surface area contributed by atoms with Gasteiger partial charge in [-0.25, -0.2) is 0 Å². The van der Waals surface area contributed by atoms with Gasteiger partial charge in [0.2, 0.25) is 8.32 Å². The van der Waals surface area contributed by atoms with E-state index in [2.05, 4.69) is 44.2 Å². The van der Waals surface area contributed by atoms with Gasteiger partial charge in [0.15, 0.2) is 0 Å². The minimum absolute atomic E-state index is 1.17. The molecule has 0 radical (unpaired) electrons. The Balaban J connectivity index is 2.89. The fourth-order valence-corrected chi connectivity index (χ4v) is 5.60. The molecule has 1 unspecified atom stereocenters. The molecule has 0 saturated carbocycles. The van der Waals surface area contributed by atoms with Crippen molar-refractivity contribution >= 4 is 13.5 Å². The fraction of sp³-hybridized carbons (Fsp3) is 0.538. The molecular weight excluding hydrogens is 200 g/mol. The molecule has 0 fully saturated rings. The van der Waals surface area contributed by atoms with Crippen molar-refractivity contribution in [2.24, 2.45) is 0 Å². The van der Waals surface area contributed by atoms with Crippen molar-refractivity contribution in [2.75, 3.05) is 7.11 Å². The van der Waals surface area contributed by atoms with Gasteiger partial charge in [-0.05, 0) is 17.3 Å². The van der Waals surface area contributed by atoms with E-state index < -0.39 is 8.32 Å². The first-order valence-corrected chi connectivity index (χ1v) is 8.22. The Hall–Kier alpha value is -0.603. The summed E-state index contributed by atoms with van der Waals surface area (Å²) < 4.78 is 5.91. The molecule has 0 bridgehead atoms. The third-order valence-electron chi connectivity index (χ3n) is 3.20. The first-order valence-electron chi connectivity index (χ1n) is 5.89. The number of hydrogen-bond donors (Lipinski definition) is 0. The lowest BCUT2D eigenvalue weighted by Gasteiger charge is -2.29. The summed E-state index contributed by atoms with van der Waals surface area (Å²) in [6.07, 6.45) is 2.54. The Labute approximate surface area is 94.6 Å². The van der Waals surface area contributed by atoms with Crippen LogP contribution in [-0.4, -0.2) is 15.4 Å². The first kappa shape index (κ1) is 12.5. The molecule has 84 valence electrons. The van der Waals surface area contributed by atoms with E-state index in [1.807, 2.05) is 7.11 Å². The quantitative estimate of drug-likeness (QED) is 0.671. The van der Waals surface area contributed by atoms with Crippen LogP contribution in [0.5, 0.6) is 0 Å². The van der Waals surface area contributed by atoms with E-state index >= 15 is 0 Å². The smallest absolute Gasteiger partial charge is 0.223 e. The van der Waals surface area contributed by atoms with E-state index in [4.69, 9.17) is 4.43 Å². The summed E-state index contributed by atoms with van der Waals surface area (Å²) in [4.78, 5) is 0. The number of unbranched alkanes of at least 4 members (excludes halogenated alkanes) is 1. The van der Waals surface area contributed by atoms with Crippen molar-refractivity contribution in [3.63, 3.8) is 0 Å². The molecule has 1 aromatic carbocycles. The zero-order valence-electron chi connectivity index (χ0n) is 10.1. The monoisotopic (exact) mass is 222 g/mol. The minimum Gasteiger partial charge on any atom is -0.416 e. The largest absolute Gasteiger partial charge is 0.416 e. The molecule has 0 spiro atoms. The zero-order valence-corrected chi connectivity index (χ0v) is 11.1. The van der Waals surface area contributed by atoms with Crippen molar-refractivity contribution in [1.82, 2.24) is 0 Å². The molecule has 1 aromatic rings. The summed E-state index contributed by atoms with van der Waals surface area (Å²) in [6, 6.07) is 13.2. The Morgan fingerprint density at radius 3 is 2.27 bits per heavy atom. The van der Waals surface area contributed by atoms with E-state index in [-0.39, 0.29) is 0 Å². The molecule has 0 saturated heterocycles. The molecular formula is C13H22OSi. The van der Waals surface area contributed by atoms with Gasteiger partial charge in [0.25, 0.3) is 0 Å². The van der Waals surface area contributed by atoms with Crippen LogP contribution in [0.2, 0.25) is 12.1 Å². The average molecular weight is 222 g/mol. The van der Waals surface area contributed by atoms with Gasteiger partial charge in [0.1, 0.15) is 0 Å². The molecule has 1 nitrogen and oxygen atoms in total. The van der Waals surface area contributed by atoms with Crippen molar-refractivity contribution in [3.8, 4) is 0 Å². The van der Waals surface area contributed by atoms with Gasteiger partial charge in [-0.2, -0.15) is 0 Å². The van der Waals surface area contributed by atoms with Crippen LogP contribution in [-0.2, 0) is 4.43 Å². The maximum atomic E-state index is 5.91. The second-order valence-corrected chi connectivity index (χ2v) is 8.20. The standard InChI is InChI=1S/C13H22OSi/c1-4-6-12-15(5-2,14-3)13-10-8-7-9-11-13/h7-11H,4-6,12H2,1-3H3. The molecule has 0 heterocycles. The van der Waals surface area contributed by atoms with Gasteiger partial charge in [-0.15, -0.1) is 0 Å². The Morgan fingerprint density at radius 1 is 1.13 bits per heavy atom. The van der Waals surface area contributed by atoms with E-state index in [1.54, 1.807) is 0 Å². The van der Waals surface area contributed by atoms with Crippen LogP contribution in [0, 0.1) is 0 Å². The van der Waals surface area contributed by atoms with E-state index in [0.717, 1.165) is 0 Å². The van der Waals surface area contributed by atoms with E-state index in [0.29, 0.717) is 0 Å². The van der Waals surface area contributed by atoms with Crippen LogP contribution in [0.3, 0.4) is 0 Å². The molecule has 0 aromatic heterocycles. The maximum absolute atomic E-state index is 5.91. The number of hydrogen-bond acceptors (Lipinski definition) is 1. The molecule has 1 rings (SSSR count). The summed E-state index contributed by atoms with van der Waals surface area (Å²) >= 11 is 0. The van der Waals surface area contributed by atoms with E-state index in [9.17, 15) is 0 Å². The van der Waals surface area contributed by atoms with E-state index in [1.165, 1.54) is 30.1 Å². The van der Waals surface area contributed by atoms with Crippen molar-refractivity contribution < 1.29 is 4.43 Å². The third-order valence-corrected chi connectivity index (χ3v) is 7.67. The summed E-state index contributed by atoms with van der Waals surface area (Å²) in [5.41, 5.74) is 0. The second-order valence-electron chi connectivity index (χ2n) is 4.02. The highest BCUT2D eigenvalue weighted by Gasteiger charge is 2.33. The molecule has 1 atom stereocenters. The summed E-state index contributed by atoms with van der Waals surface area (Å²) in [5, 5.41) is 1.45. The van der Waals surface area contributed by atoms with Crippen molar-refractivity contribution in [1.29, 1.82) is 0 Å². The SMILES string of the molecule is CCCC[Si](CC)(OC)c1ccccc1. The molecule has 15 heavy (non-hydrogen) atoms. The molecule has 0 aliphatic heterocycles. The molecule has 2 heteroatoms. The number of benzene rings is 1. The molecule has 0 aliphatic rings. The normalized spacial score (nSPS) is 14.9. The minimum atomic E-state index is -1.64. The van der Waals surface area contributed by atoms with Crippen LogP contribution in [0.25, 0.3) is 0 Å². The van der Waals surface area contributed by atoms with Gasteiger partial charge < -0.3 is 4.43 Å². The lowest BCUT2D eigenvalue weighted by atomic mass is 10.4.